The van der Waals surface area contributed by atoms with Gasteiger partial charge in [0.25, 0.3) is 0 Å². The number of carbonyl (C=O) groups is 2. The molecule has 0 saturated carbocycles. The van der Waals surface area contributed by atoms with E-state index >= 15 is 0 Å². The van der Waals surface area contributed by atoms with Crippen LogP contribution in [0.3, 0.4) is 0 Å². The largest absolute Gasteiger partial charge is 0.463 e. The molecule has 1 aromatic carbocycles. The molecule has 0 aliphatic heterocycles. The first kappa shape index (κ1) is 61.6. The second kappa shape index (κ2) is 51.9. The van der Waals surface area contributed by atoms with Crippen LogP contribution in [0.1, 0.15) is 140 Å². The summed E-state index contributed by atoms with van der Waals surface area (Å²) < 4.78 is 65.6. The lowest BCUT2D eigenvalue weighted by atomic mass is 10.0. The standard InChI is InChI=1S/C51H93NO14/c1-3-5-7-8-9-10-11-12-13-14-15-16-17-18-19-20-50(53)65-46-44-63-42-40-61-38-36-59-34-32-57-30-28-55-26-27-56-29-31-58-33-35-60-37-39-62-41-43-64-45-47-66-51(54)48-21-23-49(24-22-48)52-25-6-4-2/h21-24,52H,3-20,25-47H2,1-2H3. The molecule has 0 unspecified atom stereocenters. The Bertz CT molecular complexity index is 1150. The van der Waals surface area contributed by atoms with E-state index in [1.54, 1.807) is 12.1 Å². The smallest absolute Gasteiger partial charge is 0.338 e. The van der Waals surface area contributed by atoms with Crippen molar-refractivity contribution >= 4 is 17.6 Å². The fourth-order valence-electron chi connectivity index (χ4n) is 6.42. The van der Waals surface area contributed by atoms with Crippen molar-refractivity contribution in [3.63, 3.8) is 0 Å². The van der Waals surface area contributed by atoms with E-state index in [2.05, 4.69) is 19.2 Å². The molecule has 0 atom stereocenters. The van der Waals surface area contributed by atoms with Gasteiger partial charge in [0.05, 0.1) is 138 Å². The third-order valence-electron chi connectivity index (χ3n) is 10.3. The van der Waals surface area contributed by atoms with E-state index in [1.165, 1.54) is 83.5 Å². The lowest BCUT2D eigenvalue weighted by Gasteiger charge is -2.09. The summed E-state index contributed by atoms with van der Waals surface area (Å²) in [7, 11) is 0. The van der Waals surface area contributed by atoms with Crippen molar-refractivity contribution in [3.05, 3.63) is 29.8 Å². The minimum atomic E-state index is -0.363. The van der Waals surface area contributed by atoms with Crippen LogP contribution in [-0.4, -0.2) is 164 Å². The van der Waals surface area contributed by atoms with Crippen molar-refractivity contribution in [1.82, 2.24) is 0 Å². The molecule has 0 aliphatic carbocycles. The first-order chi connectivity index (χ1) is 32.7. The van der Waals surface area contributed by atoms with Crippen LogP contribution in [0.15, 0.2) is 24.3 Å². The van der Waals surface area contributed by atoms with Crippen LogP contribution in [0.4, 0.5) is 5.69 Å². The van der Waals surface area contributed by atoms with Gasteiger partial charge in [0, 0.05) is 18.7 Å². The number of hydrogen-bond acceptors (Lipinski definition) is 15. The molecule has 0 saturated heterocycles. The maximum absolute atomic E-state index is 12.2. The monoisotopic (exact) mass is 944 g/mol. The Hall–Kier alpha value is -2.44. The Morgan fingerprint density at radius 3 is 0.970 bits per heavy atom. The predicted molar refractivity (Wildman–Crippen MR) is 259 cm³/mol. The normalized spacial score (nSPS) is 11.4. The zero-order valence-electron chi connectivity index (χ0n) is 41.5. The highest BCUT2D eigenvalue weighted by Gasteiger charge is 2.07. The summed E-state index contributed by atoms with van der Waals surface area (Å²) in [4.78, 5) is 24.1. The van der Waals surface area contributed by atoms with E-state index in [-0.39, 0.29) is 25.2 Å². The minimum Gasteiger partial charge on any atom is -0.463 e. The van der Waals surface area contributed by atoms with Gasteiger partial charge in [-0.2, -0.15) is 0 Å². The number of nitrogens with one attached hydrogen (secondary N) is 1. The molecule has 66 heavy (non-hydrogen) atoms. The molecule has 0 bridgehead atoms. The number of carbonyl (C=O) groups excluding carboxylic acids is 2. The first-order valence-electron chi connectivity index (χ1n) is 25.6. The Morgan fingerprint density at radius 2 is 0.636 bits per heavy atom. The van der Waals surface area contributed by atoms with Gasteiger partial charge in [-0.05, 0) is 37.1 Å². The van der Waals surface area contributed by atoms with Gasteiger partial charge in [0.1, 0.15) is 13.2 Å². The van der Waals surface area contributed by atoms with Gasteiger partial charge < -0.3 is 62.2 Å². The third-order valence-corrected chi connectivity index (χ3v) is 10.3. The van der Waals surface area contributed by atoms with E-state index < -0.39 is 0 Å². The lowest BCUT2D eigenvalue weighted by Crippen LogP contribution is -2.16. The van der Waals surface area contributed by atoms with Crippen LogP contribution in [0.5, 0.6) is 0 Å². The Labute approximate surface area is 399 Å². The molecule has 0 fully saturated rings. The third kappa shape index (κ3) is 45.3. The van der Waals surface area contributed by atoms with Crippen LogP contribution in [0.2, 0.25) is 0 Å². The SMILES string of the molecule is CCCCCCCCCCCCCCCCCC(=O)OCCOCCOCCOCCOCCOCCOCCOCCOCCOCCOCCOC(=O)c1ccc(NCCCC)cc1. The number of anilines is 1. The summed E-state index contributed by atoms with van der Waals surface area (Å²) >= 11 is 0. The van der Waals surface area contributed by atoms with Crippen LogP contribution in [-0.2, 0) is 61.6 Å². The van der Waals surface area contributed by atoms with Gasteiger partial charge in [0.2, 0.25) is 0 Å². The van der Waals surface area contributed by atoms with Gasteiger partial charge in [-0.15, -0.1) is 0 Å². The molecular formula is C51H93NO14. The zero-order chi connectivity index (χ0) is 47.3. The minimum absolute atomic E-state index is 0.135. The molecule has 386 valence electrons. The summed E-state index contributed by atoms with van der Waals surface area (Å²) in [5, 5.41) is 3.32. The molecule has 0 radical (unpaired) electrons. The number of rotatable bonds is 54. The van der Waals surface area contributed by atoms with Crippen molar-refractivity contribution in [2.75, 3.05) is 157 Å². The summed E-state index contributed by atoms with van der Waals surface area (Å²) in [6.45, 7) is 15.0. The van der Waals surface area contributed by atoms with Crippen molar-refractivity contribution < 1.29 is 66.4 Å². The highest BCUT2D eigenvalue weighted by molar-refractivity contribution is 5.89. The second-order valence-corrected chi connectivity index (χ2v) is 16.0. The van der Waals surface area contributed by atoms with E-state index in [9.17, 15) is 9.59 Å². The van der Waals surface area contributed by atoms with E-state index in [0.29, 0.717) is 144 Å². The van der Waals surface area contributed by atoms with Crippen LogP contribution >= 0.6 is 0 Å². The maximum atomic E-state index is 12.2. The summed E-state index contributed by atoms with van der Waals surface area (Å²) in [5.74, 6) is -0.498. The molecule has 0 spiro atoms. The van der Waals surface area contributed by atoms with Gasteiger partial charge in [-0.3, -0.25) is 4.79 Å². The highest BCUT2D eigenvalue weighted by atomic mass is 16.6. The highest BCUT2D eigenvalue weighted by Crippen LogP contribution is 2.14. The van der Waals surface area contributed by atoms with Crippen LogP contribution < -0.4 is 5.32 Å². The van der Waals surface area contributed by atoms with Gasteiger partial charge in [-0.1, -0.05) is 110 Å². The molecule has 1 N–H and O–H groups in total. The average molecular weight is 944 g/mol. The molecule has 0 amide bonds. The van der Waals surface area contributed by atoms with Crippen LogP contribution in [0.25, 0.3) is 0 Å². The number of ether oxygens (including phenoxy) is 12. The molecule has 1 aromatic rings. The molecule has 15 nitrogen and oxygen atoms in total. The summed E-state index contributed by atoms with van der Waals surface area (Å²) in [5.41, 5.74) is 1.51. The fourth-order valence-corrected chi connectivity index (χ4v) is 6.42. The summed E-state index contributed by atoms with van der Waals surface area (Å²) in [6.07, 6.45) is 22.4. The van der Waals surface area contributed by atoms with Crippen molar-refractivity contribution in [2.24, 2.45) is 0 Å². The summed E-state index contributed by atoms with van der Waals surface area (Å²) in [6, 6.07) is 7.29. The van der Waals surface area contributed by atoms with Gasteiger partial charge in [0.15, 0.2) is 0 Å². The quantitative estimate of drug-likeness (QED) is 0.0487. The lowest BCUT2D eigenvalue weighted by molar-refractivity contribution is -0.145. The van der Waals surface area contributed by atoms with E-state index in [0.717, 1.165) is 37.9 Å². The van der Waals surface area contributed by atoms with Crippen molar-refractivity contribution in [1.29, 1.82) is 0 Å². The van der Waals surface area contributed by atoms with Gasteiger partial charge in [-0.25, -0.2) is 4.79 Å². The maximum Gasteiger partial charge on any atom is 0.338 e. The first-order valence-corrected chi connectivity index (χ1v) is 25.6. The Morgan fingerprint density at radius 1 is 0.348 bits per heavy atom. The van der Waals surface area contributed by atoms with Crippen LogP contribution in [0, 0.1) is 0 Å². The van der Waals surface area contributed by atoms with Crippen molar-refractivity contribution in [2.45, 2.75) is 129 Å². The van der Waals surface area contributed by atoms with Crippen molar-refractivity contribution in [3.8, 4) is 0 Å². The van der Waals surface area contributed by atoms with E-state index in [4.69, 9.17) is 56.8 Å². The second-order valence-electron chi connectivity index (χ2n) is 16.0. The molecule has 0 heterocycles. The Kier molecular flexibility index (Phi) is 48.5. The number of benzene rings is 1. The van der Waals surface area contributed by atoms with E-state index in [1.807, 2.05) is 12.1 Å². The number of unbranched alkanes of at least 4 members (excludes halogenated alkanes) is 15. The Balaban J connectivity index is 1.67. The number of hydrogen-bond donors (Lipinski definition) is 1. The molecule has 0 aromatic heterocycles. The molecule has 15 heteroatoms. The number of esters is 2. The topological polar surface area (TPSA) is 157 Å². The van der Waals surface area contributed by atoms with Gasteiger partial charge >= 0.3 is 11.9 Å². The fraction of sp³-hybridized carbons (Fsp3) is 0.843. The average Bonchev–Trinajstić information content (AvgIpc) is 3.33. The molecule has 1 rings (SSSR count). The molecular weight excluding hydrogens is 851 g/mol. The molecule has 0 aliphatic rings. The zero-order valence-corrected chi connectivity index (χ0v) is 41.5. The predicted octanol–water partition coefficient (Wildman–Crippen LogP) is 9.03.